The van der Waals surface area contributed by atoms with Crippen LogP contribution in [0.1, 0.15) is 113 Å². The zero-order chi connectivity index (χ0) is 29.1. The number of aliphatic hydroxyl groups excluding tert-OH is 1. The van der Waals surface area contributed by atoms with Gasteiger partial charge in [-0.2, -0.15) is 0 Å². The van der Waals surface area contributed by atoms with Gasteiger partial charge in [0.1, 0.15) is 6.10 Å². The molecule has 2 unspecified atom stereocenters. The fourth-order valence-corrected chi connectivity index (χ4v) is 10.3. The molecule has 4 fully saturated rings. The molecule has 0 aliphatic heterocycles. The average Bonchev–Trinajstić information content (AvgIpc) is 3.10. The van der Waals surface area contributed by atoms with E-state index in [1.165, 1.54) is 6.92 Å². The number of aliphatic carboxylic acids is 1. The van der Waals surface area contributed by atoms with E-state index in [4.69, 9.17) is 4.74 Å². The van der Waals surface area contributed by atoms with Crippen molar-refractivity contribution in [3.8, 4) is 0 Å². The maximum Gasteiger partial charge on any atom is 0.331 e. The summed E-state index contributed by atoms with van der Waals surface area (Å²) in [5, 5.41) is 33.8. The van der Waals surface area contributed by atoms with Crippen LogP contribution in [-0.4, -0.2) is 45.1 Å². The largest absolute Gasteiger partial charge is 0.478 e. The first-order chi connectivity index (χ1) is 18.1. The Balaban J connectivity index is 1.81. The van der Waals surface area contributed by atoms with E-state index in [0.717, 1.165) is 43.3 Å². The smallest absolute Gasteiger partial charge is 0.331 e. The second-order valence-corrected chi connectivity index (χ2v) is 14.4. The Morgan fingerprint density at radius 3 is 2.31 bits per heavy atom. The summed E-state index contributed by atoms with van der Waals surface area (Å²) in [7, 11) is 0. The molecule has 6 heteroatoms. The Kier molecular flexibility index (Phi) is 8.01. The van der Waals surface area contributed by atoms with Crippen molar-refractivity contribution in [2.45, 2.75) is 131 Å². The van der Waals surface area contributed by atoms with Crippen LogP contribution in [0.5, 0.6) is 0 Å². The third kappa shape index (κ3) is 4.62. The topological polar surface area (TPSA) is 104 Å². The van der Waals surface area contributed by atoms with Gasteiger partial charge < -0.3 is 20.1 Å². The summed E-state index contributed by atoms with van der Waals surface area (Å²) in [5.74, 6) is -0.999. The van der Waals surface area contributed by atoms with Gasteiger partial charge in [-0.15, -0.1) is 0 Å². The molecule has 4 rings (SSSR count). The van der Waals surface area contributed by atoms with Crippen molar-refractivity contribution in [1.29, 1.82) is 0 Å². The lowest BCUT2D eigenvalue weighted by atomic mass is 9.35. The summed E-state index contributed by atoms with van der Waals surface area (Å²) in [6.07, 6.45) is 7.20. The van der Waals surface area contributed by atoms with Crippen molar-refractivity contribution >= 4 is 11.9 Å². The van der Waals surface area contributed by atoms with Crippen LogP contribution in [0, 0.1) is 39.9 Å². The second-order valence-electron chi connectivity index (χ2n) is 14.4. The molecule has 0 saturated heterocycles. The standard InChI is InChI=1S/C33H52O6/c1-9-33(38)16-15-30(6)23(20(33)4)13-14-31(7)28(30)25(35)17-24-27(22(29(36)37)12-10-11-19(2)3)26(39-21(5)34)18-32(24,31)8/h11,20,23-26,28,35,38H,9-10,12-18H2,1-8H3,(H,36,37)/t20-,23?,24+,25+,26-,28?,30-,31-,32-,33+/m0/s1. The molecular weight excluding hydrogens is 492 g/mol. The zero-order valence-corrected chi connectivity index (χ0v) is 25.5. The summed E-state index contributed by atoms with van der Waals surface area (Å²) in [6, 6.07) is 0. The SMILES string of the molecule is CC[C@@]1(O)CC[C@@]2(C)C(CC[C@@]3(C)C2[C@H](O)C[C@@H]2C(=C(CCC=C(C)C)C(=O)O)[C@@H](OC(C)=O)C[C@@]23C)[C@@H]1C. The highest BCUT2D eigenvalue weighted by molar-refractivity contribution is 5.88. The number of carbonyl (C=O) groups excluding carboxylic acids is 1. The molecule has 0 bridgehead atoms. The molecule has 0 radical (unpaired) electrons. The molecule has 6 nitrogen and oxygen atoms in total. The minimum atomic E-state index is -0.953. The number of carbonyl (C=O) groups is 2. The van der Waals surface area contributed by atoms with Crippen molar-refractivity contribution in [2.24, 2.45) is 39.9 Å². The van der Waals surface area contributed by atoms with Gasteiger partial charge in [-0.25, -0.2) is 4.79 Å². The highest BCUT2D eigenvalue weighted by atomic mass is 16.5. The molecule has 0 aromatic rings. The number of carboxylic acids is 1. The molecule has 0 amide bonds. The van der Waals surface area contributed by atoms with Crippen molar-refractivity contribution < 1.29 is 29.6 Å². The lowest BCUT2D eigenvalue weighted by molar-refractivity contribution is -0.247. The zero-order valence-electron chi connectivity index (χ0n) is 25.5. The predicted molar refractivity (Wildman–Crippen MR) is 152 cm³/mol. The number of hydrogen-bond acceptors (Lipinski definition) is 5. The number of carboxylic acid groups (broad SMARTS) is 1. The van der Waals surface area contributed by atoms with Crippen molar-refractivity contribution in [3.63, 3.8) is 0 Å². The van der Waals surface area contributed by atoms with Gasteiger partial charge in [0, 0.05) is 12.5 Å². The second kappa shape index (κ2) is 10.3. The van der Waals surface area contributed by atoms with Gasteiger partial charge in [-0.3, -0.25) is 4.79 Å². The summed E-state index contributed by atoms with van der Waals surface area (Å²) < 4.78 is 5.90. The van der Waals surface area contributed by atoms with E-state index >= 15 is 0 Å². The van der Waals surface area contributed by atoms with E-state index in [2.05, 4.69) is 40.7 Å². The molecule has 10 atom stereocenters. The third-order valence-electron chi connectivity index (χ3n) is 12.5. The molecule has 0 spiro atoms. The Morgan fingerprint density at radius 1 is 1.08 bits per heavy atom. The molecule has 3 N–H and O–H groups in total. The van der Waals surface area contributed by atoms with Gasteiger partial charge in [0.15, 0.2) is 0 Å². The van der Waals surface area contributed by atoms with Gasteiger partial charge in [0.2, 0.25) is 0 Å². The molecule has 220 valence electrons. The number of allylic oxidation sites excluding steroid dienone is 2. The normalized spacial score (nSPS) is 46.4. The van der Waals surface area contributed by atoms with Crippen LogP contribution in [0.2, 0.25) is 0 Å². The van der Waals surface area contributed by atoms with Crippen LogP contribution in [0.25, 0.3) is 0 Å². The van der Waals surface area contributed by atoms with E-state index in [1.807, 2.05) is 13.8 Å². The van der Waals surface area contributed by atoms with Gasteiger partial charge >= 0.3 is 11.9 Å². The van der Waals surface area contributed by atoms with E-state index in [0.29, 0.717) is 37.2 Å². The maximum atomic E-state index is 12.7. The monoisotopic (exact) mass is 544 g/mol. The minimum absolute atomic E-state index is 0.0325. The number of aliphatic hydroxyl groups is 2. The van der Waals surface area contributed by atoms with Crippen LogP contribution >= 0.6 is 0 Å². The first-order valence-corrected chi connectivity index (χ1v) is 15.2. The maximum absolute atomic E-state index is 12.7. The third-order valence-corrected chi connectivity index (χ3v) is 12.5. The van der Waals surface area contributed by atoms with Gasteiger partial charge in [-0.1, -0.05) is 46.3 Å². The predicted octanol–water partition coefficient (Wildman–Crippen LogP) is 6.45. The van der Waals surface area contributed by atoms with E-state index in [9.17, 15) is 24.9 Å². The average molecular weight is 545 g/mol. The first-order valence-electron chi connectivity index (χ1n) is 15.2. The van der Waals surface area contributed by atoms with Crippen molar-refractivity contribution in [3.05, 3.63) is 22.8 Å². The van der Waals surface area contributed by atoms with Gasteiger partial charge in [0.25, 0.3) is 0 Å². The lowest BCUT2D eigenvalue weighted by Gasteiger charge is -2.69. The number of ether oxygens (including phenoxy) is 1. The quantitative estimate of drug-likeness (QED) is 0.202. The highest BCUT2D eigenvalue weighted by Gasteiger charge is 2.71. The Bertz CT molecular complexity index is 1060. The molecule has 4 aliphatic carbocycles. The molecule has 39 heavy (non-hydrogen) atoms. The van der Waals surface area contributed by atoms with E-state index in [1.54, 1.807) is 0 Å². The lowest BCUT2D eigenvalue weighted by Crippen LogP contribution is -2.66. The Labute approximate surface area is 235 Å². The number of rotatable bonds is 6. The van der Waals surface area contributed by atoms with Crippen LogP contribution < -0.4 is 0 Å². The summed E-state index contributed by atoms with van der Waals surface area (Å²) >= 11 is 0. The molecule has 4 saturated carbocycles. The number of fused-ring (bicyclic) bond motifs is 5. The van der Waals surface area contributed by atoms with Crippen molar-refractivity contribution in [2.75, 3.05) is 0 Å². The number of hydrogen-bond donors (Lipinski definition) is 3. The molecule has 0 aromatic carbocycles. The molecular formula is C33H52O6. The van der Waals surface area contributed by atoms with Crippen LogP contribution in [-0.2, 0) is 14.3 Å². The Morgan fingerprint density at radius 2 is 1.74 bits per heavy atom. The first kappa shape index (κ1) is 30.3. The van der Waals surface area contributed by atoms with Crippen LogP contribution in [0.15, 0.2) is 22.8 Å². The summed E-state index contributed by atoms with van der Waals surface area (Å²) in [5.41, 5.74) is 0.860. The molecule has 4 aliphatic rings. The van der Waals surface area contributed by atoms with Crippen molar-refractivity contribution in [1.82, 2.24) is 0 Å². The van der Waals surface area contributed by atoms with Gasteiger partial charge in [-0.05, 0) is 117 Å². The molecule has 0 heterocycles. The minimum Gasteiger partial charge on any atom is -0.478 e. The Hall–Kier alpha value is -1.66. The summed E-state index contributed by atoms with van der Waals surface area (Å²) in [4.78, 5) is 24.9. The highest BCUT2D eigenvalue weighted by Crippen LogP contribution is 2.75. The van der Waals surface area contributed by atoms with Crippen LogP contribution in [0.4, 0.5) is 0 Å². The van der Waals surface area contributed by atoms with Gasteiger partial charge in [0.05, 0.1) is 11.7 Å². The summed E-state index contributed by atoms with van der Waals surface area (Å²) in [6.45, 7) is 16.6. The molecule has 0 aromatic heterocycles. The van der Waals surface area contributed by atoms with E-state index < -0.39 is 29.7 Å². The fourth-order valence-electron chi connectivity index (χ4n) is 10.3. The van der Waals surface area contributed by atoms with E-state index in [-0.39, 0.29) is 34.0 Å². The fraction of sp³-hybridized carbons (Fsp3) is 0.818. The number of esters is 1. The van der Waals surface area contributed by atoms with Crippen LogP contribution in [0.3, 0.4) is 0 Å².